The van der Waals surface area contributed by atoms with Crippen molar-refractivity contribution in [3.8, 4) is 0 Å². The van der Waals surface area contributed by atoms with E-state index in [9.17, 15) is 9.90 Å². The summed E-state index contributed by atoms with van der Waals surface area (Å²) in [7, 11) is 1.80. The lowest BCUT2D eigenvalue weighted by Gasteiger charge is -2.06. The first-order valence-electron chi connectivity index (χ1n) is 5.09. The molecule has 4 nitrogen and oxygen atoms in total. The van der Waals surface area contributed by atoms with Crippen molar-refractivity contribution in [3.63, 3.8) is 0 Å². The molecule has 0 amide bonds. The molecular weight excluding hydrogens is 284 g/mol. The van der Waals surface area contributed by atoms with E-state index >= 15 is 0 Å². The summed E-state index contributed by atoms with van der Waals surface area (Å²) in [6, 6.07) is 7.04. The van der Waals surface area contributed by atoms with E-state index in [0.29, 0.717) is 17.4 Å². The zero-order chi connectivity index (χ0) is 12.4. The Hall–Kier alpha value is -1.46. The van der Waals surface area contributed by atoms with E-state index < -0.39 is 5.97 Å². The highest BCUT2D eigenvalue weighted by Crippen LogP contribution is 2.23. The smallest absolute Gasteiger partial charge is 0.336 e. The van der Waals surface area contributed by atoms with Crippen LogP contribution in [0.4, 0.5) is 0 Å². The Morgan fingerprint density at radius 1 is 1.47 bits per heavy atom. The highest BCUT2D eigenvalue weighted by molar-refractivity contribution is 9.10. The monoisotopic (exact) mass is 294 g/mol. The number of hydrogen-bond acceptors (Lipinski definition) is 3. The Bertz CT molecular complexity index is 584. The minimum absolute atomic E-state index is 0.279. The molecule has 0 atom stereocenters. The average Bonchev–Trinajstić information content (AvgIpc) is 2.28. The fraction of sp³-hybridized carbons (Fsp3) is 0.167. The summed E-state index contributed by atoms with van der Waals surface area (Å²) in [6.45, 7) is 0.548. The summed E-state index contributed by atoms with van der Waals surface area (Å²) in [5.41, 5.74) is 1.69. The Labute approximate surface area is 107 Å². The third-order valence-electron chi connectivity index (χ3n) is 2.41. The van der Waals surface area contributed by atoms with Gasteiger partial charge in [0.25, 0.3) is 0 Å². The molecule has 1 aromatic heterocycles. The molecule has 5 heteroatoms. The van der Waals surface area contributed by atoms with Crippen LogP contribution in [0.1, 0.15) is 16.1 Å². The predicted octanol–water partition coefficient (Wildman–Crippen LogP) is 2.41. The lowest BCUT2D eigenvalue weighted by molar-refractivity contribution is 0.0699. The lowest BCUT2D eigenvalue weighted by atomic mass is 10.1. The molecule has 0 saturated carbocycles. The fourth-order valence-electron chi connectivity index (χ4n) is 1.70. The number of halogens is 1. The van der Waals surface area contributed by atoms with E-state index in [4.69, 9.17) is 0 Å². The van der Waals surface area contributed by atoms with Gasteiger partial charge in [-0.15, -0.1) is 0 Å². The molecule has 1 heterocycles. The molecule has 0 aliphatic rings. The highest BCUT2D eigenvalue weighted by atomic mass is 79.9. The number of aromatic carboxylic acids is 1. The van der Waals surface area contributed by atoms with Crippen LogP contribution in [0, 0.1) is 0 Å². The summed E-state index contributed by atoms with van der Waals surface area (Å²) in [5, 5.41) is 12.8. The van der Waals surface area contributed by atoms with Gasteiger partial charge in [-0.3, -0.25) is 4.98 Å². The summed E-state index contributed by atoms with van der Waals surface area (Å²) < 4.78 is 0.843. The fourth-order valence-corrected chi connectivity index (χ4v) is 2.06. The van der Waals surface area contributed by atoms with Crippen molar-refractivity contribution in [2.24, 2.45) is 0 Å². The van der Waals surface area contributed by atoms with E-state index in [1.54, 1.807) is 19.2 Å². The van der Waals surface area contributed by atoms with Gasteiger partial charge in [0.2, 0.25) is 0 Å². The largest absolute Gasteiger partial charge is 0.478 e. The Balaban J connectivity index is 2.72. The second-order valence-electron chi connectivity index (χ2n) is 3.66. The van der Waals surface area contributed by atoms with Gasteiger partial charge < -0.3 is 10.4 Å². The second kappa shape index (κ2) is 4.81. The maximum absolute atomic E-state index is 11.2. The summed E-state index contributed by atoms with van der Waals surface area (Å²) in [4.78, 5) is 15.6. The highest BCUT2D eigenvalue weighted by Gasteiger charge is 2.11. The van der Waals surface area contributed by atoms with Gasteiger partial charge >= 0.3 is 5.97 Å². The number of rotatable bonds is 3. The predicted molar refractivity (Wildman–Crippen MR) is 69.2 cm³/mol. The SMILES string of the molecule is CNCc1cc(C(=O)O)c2cc(Br)ccc2n1. The van der Waals surface area contributed by atoms with Crippen LogP contribution in [-0.2, 0) is 6.54 Å². The molecule has 0 spiro atoms. The Kier molecular flexibility index (Phi) is 3.40. The van der Waals surface area contributed by atoms with E-state index in [0.717, 1.165) is 10.2 Å². The normalized spacial score (nSPS) is 10.7. The molecule has 0 aliphatic carbocycles. The number of carboxylic acids is 1. The second-order valence-corrected chi connectivity index (χ2v) is 4.57. The Morgan fingerprint density at radius 2 is 2.24 bits per heavy atom. The molecule has 2 rings (SSSR count). The maximum atomic E-state index is 11.2. The number of carboxylic acid groups (broad SMARTS) is 1. The zero-order valence-electron chi connectivity index (χ0n) is 9.20. The minimum Gasteiger partial charge on any atom is -0.478 e. The van der Waals surface area contributed by atoms with E-state index in [2.05, 4.69) is 26.2 Å². The number of carbonyl (C=O) groups is 1. The molecule has 0 unspecified atom stereocenters. The van der Waals surface area contributed by atoms with E-state index in [1.165, 1.54) is 0 Å². The lowest BCUT2D eigenvalue weighted by Crippen LogP contribution is -2.09. The molecule has 0 saturated heterocycles. The molecule has 88 valence electrons. The van der Waals surface area contributed by atoms with E-state index in [1.807, 2.05) is 12.1 Å². The van der Waals surface area contributed by atoms with Crippen LogP contribution in [0.25, 0.3) is 10.9 Å². The molecule has 2 N–H and O–H groups in total. The van der Waals surface area contributed by atoms with Gasteiger partial charge in [-0.2, -0.15) is 0 Å². The first-order chi connectivity index (χ1) is 8.11. The van der Waals surface area contributed by atoms with Crippen molar-refractivity contribution in [1.29, 1.82) is 0 Å². The molecule has 0 radical (unpaired) electrons. The maximum Gasteiger partial charge on any atom is 0.336 e. The van der Waals surface area contributed by atoms with Gasteiger partial charge in [0.1, 0.15) is 0 Å². The van der Waals surface area contributed by atoms with Crippen LogP contribution in [0.15, 0.2) is 28.7 Å². The van der Waals surface area contributed by atoms with Crippen molar-refractivity contribution in [2.75, 3.05) is 7.05 Å². The molecule has 17 heavy (non-hydrogen) atoms. The minimum atomic E-state index is -0.937. The van der Waals surface area contributed by atoms with Crippen LogP contribution in [-0.4, -0.2) is 23.1 Å². The van der Waals surface area contributed by atoms with Crippen molar-refractivity contribution in [1.82, 2.24) is 10.3 Å². The van der Waals surface area contributed by atoms with Gasteiger partial charge in [0.15, 0.2) is 0 Å². The van der Waals surface area contributed by atoms with E-state index in [-0.39, 0.29) is 5.56 Å². The number of pyridine rings is 1. The number of nitrogens with one attached hydrogen (secondary N) is 1. The summed E-state index contributed by atoms with van der Waals surface area (Å²) >= 11 is 3.33. The van der Waals surface area contributed by atoms with Gasteiger partial charge in [-0.25, -0.2) is 4.79 Å². The van der Waals surface area contributed by atoms with Gasteiger partial charge in [0.05, 0.1) is 16.8 Å². The van der Waals surface area contributed by atoms with Crippen LogP contribution in [0.3, 0.4) is 0 Å². The van der Waals surface area contributed by atoms with Crippen molar-refractivity contribution in [2.45, 2.75) is 6.54 Å². The number of nitrogens with zero attached hydrogens (tertiary/aromatic N) is 1. The quantitative estimate of drug-likeness (QED) is 0.913. The zero-order valence-corrected chi connectivity index (χ0v) is 10.8. The van der Waals surface area contributed by atoms with Gasteiger partial charge in [0, 0.05) is 16.4 Å². The first-order valence-corrected chi connectivity index (χ1v) is 5.88. The average molecular weight is 295 g/mol. The third-order valence-corrected chi connectivity index (χ3v) is 2.91. The van der Waals surface area contributed by atoms with Crippen LogP contribution in [0.5, 0.6) is 0 Å². The van der Waals surface area contributed by atoms with Crippen molar-refractivity contribution < 1.29 is 9.90 Å². The standard InChI is InChI=1S/C12H11BrN2O2/c1-14-6-8-5-10(12(16)17)9-4-7(13)2-3-11(9)15-8/h2-5,14H,6H2,1H3,(H,16,17). The number of benzene rings is 1. The molecule has 1 aromatic carbocycles. The molecule has 2 aromatic rings. The number of aromatic nitrogens is 1. The van der Waals surface area contributed by atoms with Gasteiger partial charge in [-0.1, -0.05) is 15.9 Å². The van der Waals surface area contributed by atoms with Crippen LogP contribution in [0.2, 0.25) is 0 Å². The topological polar surface area (TPSA) is 62.2 Å². The molecule has 0 fully saturated rings. The summed E-state index contributed by atoms with van der Waals surface area (Å²) in [5.74, 6) is -0.937. The van der Waals surface area contributed by atoms with Crippen LogP contribution < -0.4 is 5.32 Å². The molecular formula is C12H11BrN2O2. The van der Waals surface area contributed by atoms with Crippen molar-refractivity contribution >= 4 is 32.8 Å². The molecule has 0 aliphatic heterocycles. The number of hydrogen-bond donors (Lipinski definition) is 2. The van der Waals surface area contributed by atoms with Crippen LogP contribution >= 0.6 is 15.9 Å². The molecule has 0 bridgehead atoms. The van der Waals surface area contributed by atoms with Crippen molar-refractivity contribution in [3.05, 3.63) is 40.0 Å². The third kappa shape index (κ3) is 2.45. The number of fused-ring (bicyclic) bond motifs is 1. The first kappa shape index (κ1) is 12.0. The Morgan fingerprint density at radius 3 is 2.88 bits per heavy atom. The summed E-state index contributed by atoms with van der Waals surface area (Å²) in [6.07, 6.45) is 0. The van der Waals surface area contributed by atoms with Gasteiger partial charge in [-0.05, 0) is 31.3 Å².